The van der Waals surface area contributed by atoms with E-state index in [1.165, 1.54) is 18.2 Å². The molecule has 3 rings (SSSR count). The van der Waals surface area contributed by atoms with E-state index in [4.69, 9.17) is 14.6 Å². The molecule has 0 aliphatic carbocycles. The Morgan fingerprint density at radius 1 is 1.23 bits per heavy atom. The quantitative estimate of drug-likeness (QED) is 0.716. The van der Waals surface area contributed by atoms with Crippen molar-refractivity contribution in [2.75, 3.05) is 0 Å². The molecule has 0 amide bonds. The van der Waals surface area contributed by atoms with Gasteiger partial charge in [-0.1, -0.05) is 6.07 Å². The molecule has 0 bridgehead atoms. The number of alkyl halides is 3. The highest BCUT2D eigenvalue weighted by Crippen LogP contribution is 2.40. The third kappa shape index (κ3) is 3.70. The molecule has 1 N–H and O–H groups in total. The van der Waals surface area contributed by atoms with Gasteiger partial charge in [0, 0.05) is 11.6 Å². The van der Waals surface area contributed by atoms with Gasteiger partial charge in [-0.2, -0.15) is 13.2 Å². The fraction of sp³-hybridized carbons (Fsp3) is 0.167. The van der Waals surface area contributed by atoms with Crippen LogP contribution in [0, 0.1) is 6.92 Å². The van der Waals surface area contributed by atoms with E-state index >= 15 is 0 Å². The smallest absolute Gasteiger partial charge is 0.430 e. The molecule has 0 radical (unpaired) electrons. The molecule has 1 atom stereocenters. The number of hydrogen-bond donors (Lipinski definition) is 1. The lowest BCUT2D eigenvalue weighted by molar-refractivity contribution is -0.187. The Labute approximate surface area is 155 Å². The summed E-state index contributed by atoms with van der Waals surface area (Å²) in [6.45, 7) is 1.91. The van der Waals surface area contributed by atoms with Crippen molar-refractivity contribution in [3.63, 3.8) is 0 Å². The molecule has 0 fully saturated rings. The fourth-order valence-corrected chi connectivity index (χ4v) is 3.04. The Morgan fingerprint density at radius 2 is 1.96 bits per heavy atom. The number of aliphatic carboxylic acids is 1. The van der Waals surface area contributed by atoms with Crippen molar-refractivity contribution in [1.29, 1.82) is 0 Å². The van der Waals surface area contributed by atoms with Gasteiger partial charge in [-0.3, -0.25) is 0 Å². The van der Waals surface area contributed by atoms with Crippen molar-refractivity contribution >= 4 is 28.0 Å². The number of hydrogen-bond acceptors (Lipinski definition) is 3. The number of carboxylic acids is 1. The highest BCUT2D eigenvalue weighted by molar-refractivity contribution is 9.10. The van der Waals surface area contributed by atoms with Crippen LogP contribution in [0.2, 0.25) is 0 Å². The summed E-state index contributed by atoms with van der Waals surface area (Å²) in [4.78, 5) is 11.1. The first-order chi connectivity index (χ1) is 12.1. The van der Waals surface area contributed by atoms with E-state index in [2.05, 4.69) is 15.9 Å². The molecule has 8 heteroatoms. The van der Waals surface area contributed by atoms with E-state index in [-0.39, 0.29) is 17.1 Å². The predicted molar refractivity (Wildman–Crippen MR) is 91.5 cm³/mol. The van der Waals surface area contributed by atoms with E-state index in [1.807, 2.05) is 19.1 Å². The Hall–Kier alpha value is -2.48. The number of aryl methyl sites for hydroxylation is 1. The van der Waals surface area contributed by atoms with Gasteiger partial charge in [-0.05, 0) is 58.8 Å². The highest BCUT2D eigenvalue weighted by atomic mass is 79.9. The lowest BCUT2D eigenvalue weighted by Crippen LogP contribution is -2.40. The van der Waals surface area contributed by atoms with Gasteiger partial charge in [0.05, 0.1) is 10.0 Å². The molecule has 0 spiro atoms. The van der Waals surface area contributed by atoms with Gasteiger partial charge in [0.2, 0.25) is 6.10 Å². The molecule has 136 valence electrons. The van der Waals surface area contributed by atoms with Gasteiger partial charge >= 0.3 is 12.1 Å². The average molecular weight is 429 g/mol. The van der Waals surface area contributed by atoms with Gasteiger partial charge in [-0.25, -0.2) is 4.79 Å². The second-order valence-electron chi connectivity index (χ2n) is 5.68. The van der Waals surface area contributed by atoms with Gasteiger partial charge in [0.1, 0.15) is 17.2 Å². The fourth-order valence-electron chi connectivity index (χ4n) is 2.47. The first-order valence-corrected chi connectivity index (χ1v) is 8.21. The van der Waals surface area contributed by atoms with Crippen LogP contribution in [-0.4, -0.2) is 23.4 Å². The minimum Gasteiger partial charge on any atom is -0.478 e. The predicted octanol–water partition coefficient (Wildman–Crippen LogP) is 5.34. The maximum Gasteiger partial charge on any atom is 0.430 e. The van der Waals surface area contributed by atoms with E-state index in [1.54, 1.807) is 6.07 Å². The van der Waals surface area contributed by atoms with Crippen LogP contribution in [0.3, 0.4) is 0 Å². The Balaban J connectivity index is 1.95. The van der Waals surface area contributed by atoms with Gasteiger partial charge < -0.3 is 14.6 Å². The van der Waals surface area contributed by atoms with E-state index in [0.29, 0.717) is 10.2 Å². The zero-order valence-corrected chi connectivity index (χ0v) is 14.9. The molecule has 4 nitrogen and oxygen atoms in total. The number of fused-ring (bicyclic) bond motifs is 1. The summed E-state index contributed by atoms with van der Waals surface area (Å²) in [7, 11) is 0. The zero-order chi connectivity index (χ0) is 19.1. The molecule has 26 heavy (non-hydrogen) atoms. The van der Waals surface area contributed by atoms with Crippen molar-refractivity contribution < 1.29 is 32.5 Å². The SMILES string of the molecule is Cc1ccc(Oc2ccc3c(c2)OC(C(F)(F)F)C(C(=O)O)=C3)c(Br)c1. The first kappa shape index (κ1) is 18.3. The lowest BCUT2D eigenvalue weighted by Gasteiger charge is -2.27. The molecule has 1 aliphatic rings. The molecular formula is C18H12BrF3O4. The van der Waals surface area contributed by atoms with Crippen molar-refractivity contribution in [2.45, 2.75) is 19.2 Å². The Morgan fingerprint density at radius 3 is 2.58 bits per heavy atom. The standard InChI is InChI=1S/C18H12BrF3O4/c1-9-2-5-14(13(19)6-9)25-11-4-3-10-7-12(17(23)24)16(18(20,21)22)26-15(10)8-11/h2-8,16H,1H3,(H,23,24). The van der Waals surface area contributed by atoms with Gasteiger partial charge in [0.15, 0.2) is 0 Å². The number of carbonyl (C=O) groups is 1. The summed E-state index contributed by atoms with van der Waals surface area (Å²) in [6, 6.07) is 9.67. The number of ether oxygens (including phenoxy) is 2. The van der Waals surface area contributed by atoms with Crippen LogP contribution in [0.1, 0.15) is 11.1 Å². The summed E-state index contributed by atoms with van der Waals surface area (Å²) in [5.41, 5.74) is 0.385. The van der Waals surface area contributed by atoms with Crippen molar-refractivity contribution in [3.05, 3.63) is 57.6 Å². The summed E-state index contributed by atoms with van der Waals surface area (Å²) >= 11 is 3.36. The van der Waals surface area contributed by atoms with Crippen LogP contribution in [0.25, 0.3) is 6.08 Å². The lowest BCUT2D eigenvalue weighted by atomic mass is 10.0. The molecule has 2 aromatic rings. The molecule has 0 aromatic heterocycles. The third-order valence-electron chi connectivity index (χ3n) is 3.68. The topological polar surface area (TPSA) is 55.8 Å². The summed E-state index contributed by atoms with van der Waals surface area (Å²) < 4.78 is 50.7. The van der Waals surface area contributed by atoms with E-state index < -0.39 is 23.8 Å². The molecule has 1 heterocycles. The molecule has 1 unspecified atom stereocenters. The Kier molecular flexibility index (Phi) is 4.70. The van der Waals surface area contributed by atoms with Crippen LogP contribution < -0.4 is 9.47 Å². The minimum absolute atomic E-state index is 0.0990. The summed E-state index contributed by atoms with van der Waals surface area (Å²) in [6.07, 6.45) is -6.42. The number of halogens is 4. The summed E-state index contributed by atoms with van der Waals surface area (Å²) in [5, 5.41) is 9.02. The summed E-state index contributed by atoms with van der Waals surface area (Å²) in [5.74, 6) is -1.03. The first-order valence-electron chi connectivity index (χ1n) is 7.41. The molecule has 2 aromatic carbocycles. The van der Waals surface area contributed by atoms with Gasteiger partial charge in [0.25, 0.3) is 0 Å². The van der Waals surface area contributed by atoms with Crippen molar-refractivity contribution in [1.82, 2.24) is 0 Å². The molecule has 0 saturated carbocycles. The van der Waals surface area contributed by atoms with Crippen molar-refractivity contribution in [3.8, 4) is 17.2 Å². The molecule has 1 aliphatic heterocycles. The van der Waals surface area contributed by atoms with Crippen LogP contribution in [-0.2, 0) is 4.79 Å². The van der Waals surface area contributed by atoms with Crippen molar-refractivity contribution in [2.24, 2.45) is 0 Å². The second kappa shape index (κ2) is 6.68. The maximum atomic E-state index is 13.1. The maximum absolute atomic E-state index is 13.1. The van der Waals surface area contributed by atoms with E-state index in [0.717, 1.165) is 11.6 Å². The third-order valence-corrected chi connectivity index (χ3v) is 4.30. The van der Waals surface area contributed by atoms with Gasteiger partial charge in [-0.15, -0.1) is 0 Å². The number of carboxylic acid groups (broad SMARTS) is 1. The Bertz CT molecular complexity index is 906. The number of benzene rings is 2. The normalized spacial score (nSPS) is 16.3. The zero-order valence-electron chi connectivity index (χ0n) is 13.3. The molecular weight excluding hydrogens is 417 g/mol. The highest BCUT2D eigenvalue weighted by Gasteiger charge is 2.48. The minimum atomic E-state index is -4.85. The second-order valence-corrected chi connectivity index (χ2v) is 6.53. The monoisotopic (exact) mass is 428 g/mol. The van der Waals surface area contributed by atoms with Crippen LogP contribution in [0.4, 0.5) is 13.2 Å². The van der Waals surface area contributed by atoms with Crippen LogP contribution in [0.5, 0.6) is 17.2 Å². The largest absolute Gasteiger partial charge is 0.478 e. The number of rotatable bonds is 3. The van der Waals surface area contributed by atoms with E-state index in [9.17, 15) is 18.0 Å². The molecule has 0 saturated heterocycles. The van der Waals surface area contributed by atoms with Crippen LogP contribution in [0.15, 0.2) is 46.4 Å². The van der Waals surface area contributed by atoms with Crippen LogP contribution >= 0.6 is 15.9 Å². The average Bonchev–Trinajstić information content (AvgIpc) is 2.55.